The number of aromatic nitrogens is 2. The maximum atomic E-state index is 12.4. The topological polar surface area (TPSA) is 105 Å². The number of amides is 1. The molecule has 1 aromatic heterocycles. The Balaban J connectivity index is 1.46. The molecule has 9 heteroatoms. The zero-order valence-electron chi connectivity index (χ0n) is 15.2. The van der Waals surface area contributed by atoms with E-state index >= 15 is 0 Å². The van der Waals surface area contributed by atoms with Gasteiger partial charge in [0.1, 0.15) is 6.61 Å². The van der Waals surface area contributed by atoms with Crippen molar-refractivity contribution in [2.75, 3.05) is 26.1 Å². The molecule has 28 heavy (non-hydrogen) atoms. The van der Waals surface area contributed by atoms with Crippen LogP contribution in [0.15, 0.2) is 46.9 Å². The zero-order valence-corrected chi connectivity index (χ0v) is 15.2. The van der Waals surface area contributed by atoms with E-state index < -0.39 is 12.0 Å². The van der Waals surface area contributed by atoms with Gasteiger partial charge in [0.2, 0.25) is 6.10 Å². The van der Waals surface area contributed by atoms with Gasteiger partial charge in [0.15, 0.2) is 23.0 Å². The van der Waals surface area contributed by atoms with Crippen LogP contribution in [-0.2, 0) is 0 Å². The van der Waals surface area contributed by atoms with Gasteiger partial charge in [0.25, 0.3) is 11.8 Å². The Hall–Kier alpha value is -3.75. The fourth-order valence-corrected chi connectivity index (χ4v) is 2.70. The summed E-state index contributed by atoms with van der Waals surface area (Å²) in [5, 5.41) is 10.3. The third-order valence-electron chi connectivity index (χ3n) is 4.09. The van der Waals surface area contributed by atoms with Crippen LogP contribution in [0.2, 0.25) is 0 Å². The summed E-state index contributed by atoms with van der Waals surface area (Å²) in [4.78, 5) is 12.4. The summed E-state index contributed by atoms with van der Waals surface area (Å²) in [6, 6.07) is 12.1. The predicted octanol–water partition coefficient (Wildman–Crippen LogP) is 2.85. The van der Waals surface area contributed by atoms with Gasteiger partial charge in [-0.2, -0.15) is 0 Å². The van der Waals surface area contributed by atoms with E-state index in [4.69, 9.17) is 23.4 Å². The number of fused-ring (bicyclic) bond motifs is 1. The molecule has 0 unspecified atom stereocenters. The summed E-state index contributed by atoms with van der Waals surface area (Å²) in [6.07, 6.45) is -0.561. The van der Waals surface area contributed by atoms with Crippen molar-refractivity contribution in [2.45, 2.75) is 6.10 Å². The molecule has 9 nitrogen and oxygen atoms in total. The molecule has 1 aliphatic rings. The average Bonchev–Trinajstić information content (AvgIpc) is 3.21. The molecule has 1 amide bonds. The highest BCUT2D eigenvalue weighted by Gasteiger charge is 2.27. The normalized spacial score (nSPS) is 15.0. The summed E-state index contributed by atoms with van der Waals surface area (Å²) in [7, 11) is 3.02. The number of nitrogens with one attached hydrogen (secondary N) is 1. The number of benzene rings is 2. The molecule has 0 bridgehead atoms. The highest BCUT2D eigenvalue weighted by atomic mass is 16.6. The van der Waals surface area contributed by atoms with Gasteiger partial charge in [-0.3, -0.25) is 10.1 Å². The molecule has 0 saturated heterocycles. The number of hydrogen-bond acceptors (Lipinski definition) is 8. The van der Waals surface area contributed by atoms with Gasteiger partial charge in [0.05, 0.1) is 14.2 Å². The largest absolute Gasteiger partial charge is 0.493 e. The third kappa shape index (κ3) is 3.41. The Kier molecular flexibility index (Phi) is 4.71. The van der Waals surface area contributed by atoms with E-state index in [1.54, 1.807) is 24.3 Å². The number of anilines is 1. The second-order valence-corrected chi connectivity index (χ2v) is 5.83. The Labute approximate surface area is 160 Å². The molecule has 4 rings (SSSR count). The van der Waals surface area contributed by atoms with E-state index in [9.17, 15) is 4.79 Å². The first kappa shape index (κ1) is 17.7. The van der Waals surface area contributed by atoms with Crippen LogP contribution in [0.1, 0.15) is 22.4 Å². The zero-order chi connectivity index (χ0) is 19.5. The number of methoxy groups -OCH3 is 2. The molecule has 3 aromatic rings. The predicted molar refractivity (Wildman–Crippen MR) is 97.1 cm³/mol. The standard InChI is InChI=1S/C19H17N3O6/c1-24-12-8-7-11(9-15(12)25-2)17(23)20-19-22-21-18(28-19)16-10-26-13-5-3-4-6-14(13)27-16/h3-9,16H,10H2,1-2H3,(H,20,22,23)/t16-/m1/s1. The number of nitrogens with zero attached hydrogens (tertiary/aromatic N) is 2. The quantitative estimate of drug-likeness (QED) is 0.717. The molecule has 0 aliphatic carbocycles. The van der Waals surface area contributed by atoms with Crippen molar-refractivity contribution in [3.63, 3.8) is 0 Å². The van der Waals surface area contributed by atoms with Gasteiger partial charge < -0.3 is 23.4 Å². The van der Waals surface area contributed by atoms with Gasteiger partial charge in [-0.15, -0.1) is 5.10 Å². The minimum atomic E-state index is -0.561. The Morgan fingerprint density at radius 2 is 1.86 bits per heavy atom. The van der Waals surface area contributed by atoms with Gasteiger partial charge in [0, 0.05) is 5.56 Å². The van der Waals surface area contributed by atoms with Crippen molar-refractivity contribution in [3.8, 4) is 23.0 Å². The number of carbonyl (C=O) groups excluding carboxylic acids is 1. The molecular formula is C19H17N3O6. The van der Waals surface area contributed by atoms with E-state index in [1.165, 1.54) is 14.2 Å². The molecule has 0 spiro atoms. The van der Waals surface area contributed by atoms with E-state index in [2.05, 4.69) is 15.5 Å². The van der Waals surface area contributed by atoms with Crippen molar-refractivity contribution < 1.29 is 28.2 Å². The molecule has 0 radical (unpaired) electrons. The number of rotatable bonds is 5. The van der Waals surface area contributed by atoms with Crippen LogP contribution in [0, 0.1) is 0 Å². The van der Waals surface area contributed by atoms with Crippen LogP contribution >= 0.6 is 0 Å². The smallest absolute Gasteiger partial charge is 0.322 e. The molecule has 0 fully saturated rings. The summed E-state index contributed by atoms with van der Waals surface area (Å²) < 4.78 is 27.3. The van der Waals surface area contributed by atoms with Crippen LogP contribution in [0.4, 0.5) is 6.01 Å². The molecule has 1 aliphatic heterocycles. The molecule has 1 N–H and O–H groups in total. The first-order valence-corrected chi connectivity index (χ1v) is 8.43. The number of ether oxygens (including phenoxy) is 4. The lowest BCUT2D eigenvalue weighted by Crippen LogP contribution is -2.21. The van der Waals surface area contributed by atoms with Gasteiger partial charge in [-0.25, -0.2) is 0 Å². The Morgan fingerprint density at radius 1 is 1.07 bits per heavy atom. The summed E-state index contributed by atoms with van der Waals surface area (Å²) in [6.45, 7) is 0.224. The highest BCUT2D eigenvalue weighted by molar-refractivity contribution is 6.03. The van der Waals surface area contributed by atoms with Gasteiger partial charge >= 0.3 is 6.01 Å². The second kappa shape index (κ2) is 7.47. The molecule has 1 atom stereocenters. The molecule has 0 saturated carbocycles. The number of para-hydroxylation sites is 2. The summed E-state index contributed by atoms with van der Waals surface area (Å²) in [5.41, 5.74) is 0.351. The Morgan fingerprint density at radius 3 is 2.64 bits per heavy atom. The SMILES string of the molecule is COc1ccc(C(=O)Nc2nnc([C@H]3COc4ccccc4O3)o2)cc1OC. The number of hydrogen-bond donors (Lipinski definition) is 1. The second-order valence-electron chi connectivity index (χ2n) is 5.83. The van der Waals surface area contributed by atoms with E-state index in [1.807, 2.05) is 18.2 Å². The molecule has 2 aromatic carbocycles. The lowest BCUT2D eigenvalue weighted by atomic mass is 10.2. The number of carbonyl (C=O) groups is 1. The van der Waals surface area contributed by atoms with Crippen LogP contribution in [0.5, 0.6) is 23.0 Å². The lowest BCUT2D eigenvalue weighted by Gasteiger charge is -2.23. The fraction of sp³-hybridized carbons (Fsp3) is 0.211. The van der Waals surface area contributed by atoms with Crippen LogP contribution < -0.4 is 24.3 Å². The maximum Gasteiger partial charge on any atom is 0.322 e. The minimum Gasteiger partial charge on any atom is -0.493 e. The molecule has 2 heterocycles. The van der Waals surface area contributed by atoms with Crippen LogP contribution in [0.25, 0.3) is 0 Å². The van der Waals surface area contributed by atoms with Crippen molar-refractivity contribution in [1.82, 2.24) is 10.2 Å². The highest BCUT2D eigenvalue weighted by Crippen LogP contribution is 2.35. The first-order chi connectivity index (χ1) is 13.7. The van der Waals surface area contributed by atoms with Crippen molar-refractivity contribution in [1.29, 1.82) is 0 Å². The molecular weight excluding hydrogens is 366 g/mol. The van der Waals surface area contributed by atoms with E-state index in [0.717, 1.165) is 0 Å². The molecule has 144 valence electrons. The summed E-state index contributed by atoms with van der Waals surface area (Å²) >= 11 is 0. The van der Waals surface area contributed by atoms with E-state index in [-0.39, 0.29) is 18.5 Å². The monoisotopic (exact) mass is 383 g/mol. The summed E-state index contributed by atoms with van der Waals surface area (Å²) in [5.74, 6) is 1.98. The van der Waals surface area contributed by atoms with Crippen LogP contribution in [0.3, 0.4) is 0 Å². The van der Waals surface area contributed by atoms with Crippen LogP contribution in [-0.4, -0.2) is 36.9 Å². The third-order valence-corrected chi connectivity index (χ3v) is 4.09. The van der Waals surface area contributed by atoms with Gasteiger partial charge in [-0.1, -0.05) is 17.2 Å². The first-order valence-electron chi connectivity index (χ1n) is 8.43. The lowest BCUT2D eigenvalue weighted by molar-refractivity contribution is 0.0716. The van der Waals surface area contributed by atoms with Crippen molar-refractivity contribution >= 4 is 11.9 Å². The van der Waals surface area contributed by atoms with E-state index in [0.29, 0.717) is 28.6 Å². The Bertz CT molecular complexity index is 1000. The van der Waals surface area contributed by atoms with Gasteiger partial charge in [-0.05, 0) is 30.3 Å². The van der Waals surface area contributed by atoms with Crippen molar-refractivity contribution in [2.24, 2.45) is 0 Å². The maximum absolute atomic E-state index is 12.4. The minimum absolute atomic E-state index is 0.0442. The van der Waals surface area contributed by atoms with Crippen molar-refractivity contribution in [3.05, 3.63) is 53.9 Å². The fourth-order valence-electron chi connectivity index (χ4n) is 2.70. The average molecular weight is 383 g/mol.